The molecule has 0 unspecified atom stereocenters. The Kier molecular flexibility index (Phi) is 5.45. The second-order valence-corrected chi connectivity index (χ2v) is 7.19. The van der Waals surface area contributed by atoms with Crippen LogP contribution in [0, 0.1) is 13.8 Å². The molecule has 0 radical (unpaired) electrons. The summed E-state index contributed by atoms with van der Waals surface area (Å²) in [6.07, 6.45) is 3.19. The van der Waals surface area contributed by atoms with Gasteiger partial charge in [-0.1, -0.05) is 11.8 Å². The van der Waals surface area contributed by atoms with Crippen molar-refractivity contribution in [3.63, 3.8) is 0 Å². The number of aryl methyl sites for hydroxylation is 2. The molecule has 1 atom stereocenters. The Morgan fingerprint density at radius 1 is 1.23 bits per heavy atom. The number of amides is 1. The van der Waals surface area contributed by atoms with Gasteiger partial charge in [-0.3, -0.25) is 9.59 Å². The van der Waals surface area contributed by atoms with Crippen molar-refractivity contribution in [2.24, 2.45) is 0 Å². The normalized spacial score (nSPS) is 15.5. The Bertz CT molecular complexity index is 845. The Balaban J connectivity index is 1.73. The van der Waals surface area contributed by atoms with Gasteiger partial charge >= 0.3 is 5.97 Å². The van der Waals surface area contributed by atoms with Crippen LogP contribution in [0.5, 0.6) is 0 Å². The molecule has 140 valence electrons. The monoisotopic (exact) mass is 377 g/mol. The number of carbonyl (C=O) groups is 2. The third-order valence-corrected chi connectivity index (χ3v) is 5.15. The summed E-state index contributed by atoms with van der Waals surface area (Å²) < 4.78 is 7.01. The maximum atomic E-state index is 12.4. The first-order chi connectivity index (χ1) is 12.4. The highest BCUT2D eigenvalue weighted by Gasteiger charge is 2.26. The van der Waals surface area contributed by atoms with Gasteiger partial charge in [-0.25, -0.2) is 9.50 Å². The average molecular weight is 377 g/mol. The SMILES string of the molecule is CSc1nc2nc(C)c(CC(=O)O[C@H](C)C(=O)N3CCCC3)c(C)n2n1. The first-order valence-electron chi connectivity index (χ1n) is 8.65. The average Bonchev–Trinajstić information content (AvgIpc) is 3.27. The van der Waals surface area contributed by atoms with Crippen LogP contribution in [-0.2, 0) is 20.7 Å². The van der Waals surface area contributed by atoms with Crippen molar-refractivity contribution in [3.05, 3.63) is 17.0 Å². The van der Waals surface area contributed by atoms with Crippen LogP contribution in [0.2, 0.25) is 0 Å². The first-order valence-corrected chi connectivity index (χ1v) is 9.88. The molecule has 0 N–H and O–H groups in total. The number of ether oxygens (including phenoxy) is 1. The van der Waals surface area contributed by atoms with Gasteiger partial charge in [0.25, 0.3) is 11.7 Å². The first kappa shape index (κ1) is 18.6. The van der Waals surface area contributed by atoms with Crippen LogP contribution in [0.1, 0.15) is 36.7 Å². The molecule has 9 heteroatoms. The number of likely N-dealkylation sites (tertiary alicyclic amines) is 1. The van der Waals surface area contributed by atoms with Gasteiger partial charge in [0.1, 0.15) is 0 Å². The van der Waals surface area contributed by atoms with Gasteiger partial charge in [-0.05, 0) is 39.9 Å². The van der Waals surface area contributed by atoms with Crippen LogP contribution in [0.25, 0.3) is 5.78 Å². The largest absolute Gasteiger partial charge is 0.452 e. The summed E-state index contributed by atoms with van der Waals surface area (Å²) in [6.45, 7) is 6.82. The van der Waals surface area contributed by atoms with E-state index < -0.39 is 12.1 Å². The predicted molar refractivity (Wildman–Crippen MR) is 97.1 cm³/mol. The second kappa shape index (κ2) is 7.61. The smallest absolute Gasteiger partial charge is 0.311 e. The fraction of sp³-hybridized carbons (Fsp3) is 0.588. The molecular formula is C17H23N5O3S. The van der Waals surface area contributed by atoms with Gasteiger partial charge in [-0.2, -0.15) is 4.98 Å². The standard InChI is InChI=1S/C17H23N5O3S/c1-10-13(11(2)22-16(18-10)19-17(20-22)26-4)9-14(23)25-12(3)15(24)21-7-5-6-8-21/h12H,5-9H2,1-4H3/t12-/m1/s1. The number of thioether (sulfide) groups is 1. The van der Waals surface area contributed by atoms with Crippen molar-refractivity contribution in [2.75, 3.05) is 19.3 Å². The number of carbonyl (C=O) groups excluding carboxylic acids is 2. The summed E-state index contributed by atoms with van der Waals surface area (Å²) in [5.74, 6) is -0.0552. The number of nitrogens with zero attached hydrogens (tertiary/aromatic N) is 5. The molecule has 0 saturated carbocycles. The summed E-state index contributed by atoms with van der Waals surface area (Å²) >= 11 is 1.44. The molecule has 1 fully saturated rings. The van der Waals surface area contributed by atoms with E-state index in [1.54, 1.807) is 16.3 Å². The molecule has 1 aliphatic heterocycles. The van der Waals surface area contributed by atoms with Crippen molar-refractivity contribution < 1.29 is 14.3 Å². The fourth-order valence-corrected chi connectivity index (χ4v) is 3.50. The molecule has 0 aromatic carbocycles. The molecule has 26 heavy (non-hydrogen) atoms. The summed E-state index contributed by atoms with van der Waals surface area (Å²) in [5.41, 5.74) is 2.27. The van der Waals surface area contributed by atoms with E-state index in [0.29, 0.717) is 16.6 Å². The number of fused-ring (bicyclic) bond motifs is 1. The van der Waals surface area contributed by atoms with Crippen LogP contribution in [0.3, 0.4) is 0 Å². The predicted octanol–water partition coefficient (Wildman–Crippen LogP) is 1.56. The lowest BCUT2D eigenvalue weighted by Gasteiger charge is -2.20. The third kappa shape index (κ3) is 3.67. The van der Waals surface area contributed by atoms with E-state index in [9.17, 15) is 9.59 Å². The van der Waals surface area contributed by atoms with Crippen LogP contribution in [0.4, 0.5) is 0 Å². The minimum Gasteiger partial charge on any atom is -0.452 e. The zero-order chi connectivity index (χ0) is 18.8. The minimum atomic E-state index is -0.771. The van der Waals surface area contributed by atoms with Crippen LogP contribution in [0.15, 0.2) is 5.16 Å². The second-order valence-electron chi connectivity index (χ2n) is 6.41. The van der Waals surface area contributed by atoms with Crippen molar-refractivity contribution in [1.82, 2.24) is 24.5 Å². The molecule has 1 amide bonds. The molecular weight excluding hydrogens is 354 g/mol. The lowest BCUT2D eigenvalue weighted by Crippen LogP contribution is -2.38. The quantitative estimate of drug-likeness (QED) is 0.577. The third-order valence-electron chi connectivity index (χ3n) is 4.61. The summed E-state index contributed by atoms with van der Waals surface area (Å²) in [6, 6.07) is 0. The number of hydrogen-bond acceptors (Lipinski definition) is 7. The lowest BCUT2D eigenvalue weighted by atomic mass is 10.1. The molecule has 1 aliphatic rings. The number of hydrogen-bond donors (Lipinski definition) is 0. The Labute approximate surface area is 156 Å². The summed E-state index contributed by atoms with van der Waals surface area (Å²) in [7, 11) is 0. The highest BCUT2D eigenvalue weighted by molar-refractivity contribution is 7.98. The van der Waals surface area contributed by atoms with E-state index in [4.69, 9.17) is 4.74 Å². The van der Waals surface area contributed by atoms with Gasteiger partial charge in [0.2, 0.25) is 5.16 Å². The Morgan fingerprint density at radius 2 is 1.92 bits per heavy atom. The van der Waals surface area contributed by atoms with Crippen LogP contribution < -0.4 is 0 Å². The summed E-state index contributed by atoms with van der Waals surface area (Å²) in [5, 5.41) is 5.00. The molecule has 2 aromatic rings. The number of rotatable bonds is 5. The minimum absolute atomic E-state index is 0.0483. The molecule has 2 aromatic heterocycles. The van der Waals surface area contributed by atoms with Crippen molar-refractivity contribution >= 4 is 29.4 Å². The zero-order valence-electron chi connectivity index (χ0n) is 15.5. The number of aromatic nitrogens is 4. The highest BCUT2D eigenvalue weighted by Crippen LogP contribution is 2.18. The van der Waals surface area contributed by atoms with E-state index in [1.165, 1.54) is 11.8 Å². The van der Waals surface area contributed by atoms with Crippen molar-refractivity contribution in [3.8, 4) is 0 Å². The fourth-order valence-electron chi connectivity index (χ4n) is 3.16. The maximum Gasteiger partial charge on any atom is 0.311 e. The van der Waals surface area contributed by atoms with Gasteiger partial charge in [0.05, 0.1) is 6.42 Å². The molecule has 0 spiro atoms. The lowest BCUT2D eigenvalue weighted by molar-refractivity contribution is -0.158. The van der Waals surface area contributed by atoms with E-state index in [-0.39, 0.29) is 12.3 Å². The number of esters is 1. The van der Waals surface area contributed by atoms with E-state index in [1.807, 2.05) is 20.1 Å². The van der Waals surface area contributed by atoms with Crippen molar-refractivity contribution in [2.45, 2.75) is 51.3 Å². The Hall–Kier alpha value is -2.16. The maximum absolute atomic E-state index is 12.4. The molecule has 8 nitrogen and oxygen atoms in total. The molecule has 1 saturated heterocycles. The molecule has 3 heterocycles. The summed E-state index contributed by atoms with van der Waals surface area (Å²) in [4.78, 5) is 35.2. The molecule has 3 rings (SSSR count). The van der Waals surface area contributed by atoms with Crippen LogP contribution >= 0.6 is 11.8 Å². The van der Waals surface area contributed by atoms with Crippen molar-refractivity contribution in [1.29, 1.82) is 0 Å². The van der Waals surface area contributed by atoms with Crippen LogP contribution in [-0.4, -0.2) is 61.8 Å². The van der Waals surface area contributed by atoms with E-state index in [2.05, 4.69) is 15.1 Å². The molecule has 0 bridgehead atoms. The van der Waals surface area contributed by atoms with Gasteiger partial charge in [-0.15, -0.1) is 5.10 Å². The highest BCUT2D eigenvalue weighted by atomic mass is 32.2. The van der Waals surface area contributed by atoms with Gasteiger partial charge < -0.3 is 9.64 Å². The van der Waals surface area contributed by atoms with E-state index in [0.717, 1.165) is 37.2 Å². The van der Waals surface area contributed by atoms with Gasteiger partial charge in [0.15, 0.2) is 6.10 Å². The topological polar surface area (TPSA) is 89.7 Å². The van der Waals surface area contributed by atoms with E-state index >= 15 is 0 Å². The Morgan fingerprint density at radius 3 is 2.58 bits per heavy atom. The molecule has 0 aliphatic carbocycles. The van der Waals surface area contributed by atoms with Gasteiger partial charge in [0, 0.05) is 30.0 Å². The zero-order valence-corrected chi connectivity index (χ0v) is 16.3.